The van der Waals surface area contributed by atoms with Crippen molar-refractivity contribution >= 4 is 0 Å². The molecule has 0 saturated heterocycles. The first-order valence-corrected chi connectivity index (χ1v) is 4.33. The Labute approximate surface area is 82.8 Å². The van der Waals surface area contributed by atoms with E-state index in [-0.39, 0.29) is 11.5 Å². The van der Waals surface area contributed by atoms with E-state index >= 15 is 0 Å². The molecule has 4 nitrogen and oxygen atoms in total. The van der Waals surface area contributed by atoms with Gasteiger partial charge in [-0.1, -0.05) is 0 Å². The summed E-state index contributed by atoms with van der Waals surface area (Å²) < 4.78 is 0. The van der Waals surface area contributed by atoms with Gasteiger partial charge in [0.2, 0.25) is 5.75 Å². The lowest BCUT2D eigenvalue weighted by molar-refractivity contribution is 0.348. The molecular formula is C10H15NO3. The predicted octanol–water partition coefficient (Wildman–Crippen LogP) is 1.26. The van der Waals surface area contributed by atoms with Crippen LogP contribution in [0.5, 0.6) is 17.2 Å². The molecular weight excluding hydrogens is 182 g/mol. The predicted molar refractivity (Wildman–Crippen MR) is 53.5 cm³/mol. The number of nitrogens with one attached hydrogen (secondary N) is 1. The van der Waals surface area contributed by atoms with Gasteiger partial charge < -0.3 is 20.6 Å². The summed E-state index contributed by atoms with van der Waals surface area (Å²) in [5.74, 6) is -1.09. The number of hydrogen-bond donors (Lipinski definition) is 4. The van der Waals surface area contributed by atoms with E-state index in [0.717, 1.165) is 0 Å². The highest BCUT2D eigenvalue weighted by Gasteiger charge is 2.24. The second-order valence-corrected chi connectivity index (χ2v) is 3.70. The van der Waals surface area contributed by atoms with Gasteiger partial charge in [-0.3, -0.25) is 0 Å². The maximum absolute atomic E-state index is 9.60. The summed E-state index contributed by atoms with van der Waals surface area (Å²) >= 11 is 0. The van der Waals surface area contributed by atoms with Crippen molar-refractivity contribution in [1.82, 2.24) is 5.32 Å². The van der Waals surface area contributed by atoms with Crippen LogP contribution in [0.15, 0.2) is 12.1 Å². The Kier molecular flexibility index (Phi) is 2.57. The molecule has 0 atom stereocenters. The van der Waals surface area contributed by atoms with Crippen LogP contribution in [0.25, 0.3) is 0 Å². The number of rotatable bonds is 2. The van der Waals surface area contributed by atoms with E-state index in [1.54, 1.807) is 13.1 Å². The molecule has 78 valence electrons. The maximum Gasteiger partial charge on any atom is 0.200 e. The molecule has 0 aliphatic carbocycles. The van der Waals surface area contributed by atoms with Crippen molar-refractivity contribution in [3.8, 4) is 17.2 Å². The van der Waals surface area contributed by atoms with Gasteiger partial charge in [-0.05, 0) is 33.0 Å². The third-order valence-electron chi connectivity index (χ3n) is 2.43. The van der Waals surface area contributed by atoms with Gasteiger partial charge in [0.25, 0.3) is 0 Å². The van der Waals surface area contributed by atoms with Crippen LogP contribution in [0, 0.1) is 0 Å². The largest absolute Gasteiger partial charge is 0.504 e. The Balaban J connectivity index is 3.31. The third kappa shape index (κ3) is 1.61. The van der Waals surface area contributed by atoms with Gasteiger partial charge in [-0.15, -0.1) is 0 Å². The molecule has 4 N–H and O–H groups in total. The van der Waals surface area contributed by atoms with E-state index in [9.17, 15) is 10.2 Å². The molecule has 1 aromatic rings. The van der Waals surface area contributed by atoms with Crippen molar-refractivity contribution in [1.29, 1.82) is 0 Å². The van der Waals surface area contributed by atoms with Crippen LogP contribution in [0.3, 0.4) is 0 Å². The smallest absolute Gasteiger partial charge is 0.200 e. The van der Waals surface area contributed by atoms with E-state index in [2.05, 4.69) is 5.32 Å². The van der Waals surface area contributed by atoms with Gasteiger partial charge in [-0.25, -0.2) is 0 Å². The molecule has 0 aliphatic heterocycles. The fourth-order valence-electron chi connectivity index (χ4n) is 1.21. The lowest BCUT2D eigenvalue weighted by Crippen LogP contribution is -2.33. The van der Waals surface area contributed by atoms with Crippen LogP contribution in [0.4, 0.5) is 0 Å². The van der Waals surface area contributed by atoms with Crippen molar-refractivity contribution in [3.05, 3.63) is 17.7 Å². The van der Waals surface area contributed by atoms with Crippen molar-refractivity contribution < 1.29 is 15.3 Å². The molecule has 0 spiro atoms. The third-order valence-corrected chi connectivity index (χ3v) is 2.43. The highest BCUT2D eigenvalue weighted by Crippen LogP contribution is 2.41. The Morgan fingerprint density at radius 3 is 2.14 bits per heavy atom. The first-order chi connectivity index (χ1) is 6.40. The van der Waals surface area contributed by atoms with Gasteiger partial charge in [0, 0.05) is 11.1 Å². The van der Waals surface area contributed by atoms with E-state index in [0.29, 0.717) is 5.56 Å². The zero-order valence-corrected chi connectivity index (χ0v) is 8.50. The topological polar surface area (TPSA) is 72.7 Å². The van der Waals surface area contributed by atoms with Crippen molar-refractivity contribution in [2.24, 2.45) is 0 Å². The van der Waals surface area contributed by atoms with Gasteiger partial charge in [0.05, 0.1) is 0 Å². The fraction of sp³-hybridized carbons (Fsp3) is 0.400. The second-order valence-electron chi connectivity index (χ2n) is 3.70. The van der Waals surface area contributed by atoms with Crippen LogP contribution < -0.4 is 5.32 Å². The summed E-state index contributed by atoms with van der Waals surface area (Å²) in [6.07, 6.45) is 0. The van der Waals surface area contributed by atoms with E-state index < -0.39 is 11.3 Å². The highest BCUT2D eigenvalue weighted by atomic mass is 16.3. The molecule has 4 heteroatoms. The normalized spacial score (nSPS) is 11.6. The summed E-state index contributed by atoms with van der Waals surface area (Å²) in [7, 11) is 1.75. The Bertz CT molecular complexity index is 347. The SMILES string of the molecule is CNC(C)(C)c1ccc(O)c(O)c1O. The average molecular weight is 197 g/mol. The Morgan fingerprint density at radius 2 is 1.64 bits per heavy atom. The molecule has 14 heavy (non-hydrogen) atoms. The number of benzene rings is 1. The molecule has 0 aliphatic rings. The molecule has 1 rings (SSSR count). The van der Waals surface area contributed by atoms with Crippen molar-refractivity contribution in [2.45, 2.75) is 19.4 Å². The number of aromatic hydroxyl groups is 3. The first kappa shape index (κ1) is 10.7. The number of phenols is 3. The summed E-state index contributed by atoms with van der Waals surface area (Å²) in [4.78, 5) is 0. The van der Waals surface area contributed by atoms with Gasteiger partial charge in [0.15, 0.2) is 11.5 Å². The molecule has 0 saturated carbocycles. The minimum Gasteiger partial charge on any atom is -0.504 e. The van der Waals surface area contributed by atoms with Gasteiger partial charge >= 0.3 is 0 Å². The molecule has 0 radical (unpaired) electrons. The standard InChI is InChI=1S/C10H15NO3/c1-10(2,11-3)6-4-5-7(12)9(14)8(6)13/h4-5,11-14H,1-3H3. The summed E-state index contributed by atoms with van der Waals surface area (Å²) in [6.45, 7) is 3.72. The monoisotopic (exact) mass is 197 g/mol. The lowest BCUT2D eigenvalue weighted by atomic mass is 9.93. The Morgan fingerprint density at radius 1 is 1.07 bits per heavy atom. The molecule has 0 unspecified atom stereocenters. The van der Waals surface area contributed by atoms with E-state index in [1.165, 1.54) is 6.07 Å². The molecule has 0 heterocycles. The number of hydrogen-bond acceptors (Lipinski definition) is 4. The zero-order chi connectivity index (χ0) is 10.9. The zero-order valence-electron chi connectivity index (χ0n) is 8.50. The second kappa shape index (κ2) is 3.38. The van der Waals surface area contributed by atoms with Crippen LogP contribution in [-0.2, 0) is 5.54 Å². The van der Waals surface area contributed by atoms with Crippen molar-refractivity contribution in [3.63, 3.8) is 0 Å². The van der Waals surface area contributed by atoms with Crippen LogP contribution in [-0.4, -0.2) is 22.4 Å². The lowest BCUT2D eigenvalue weighted by Gasteiger charge is -2.25. The Hall–Kier alpha value is -1.42. The minimum atomic E-state index is -0.481. The summed E-state index contributed by atoms with van der Waals surface area (Å²) in [5, 5.41) is 31.0. The van der Waals surface area contributed by atoms with Crippen LogP contribution in [0.1, 0.15) is 19.4 Å². The van der Waals surface area contributed by atoms with E-state index in [4.69, 9.17) is 5.11 Å². The molecule has 0 bridgehead atoms. The average Bonchev–Trinajstić information content (AvgIpc) is 2.14. The fourth-order valence-corrected chi connectivity index (χ4v) is 1.21. The van der Waals surface area contributed by atoms with Gasteiger partial charge in [0.1, 0.15) is 0 Å². The number of phenolic OH excluding ortho intramolecular Hbond substituents is 3. The van der Waals surface area contributed by atoms with E-state index in [1.807, 2.05) is 13.8 Å². The quantitative estimate of drug-likeness (QED) is 0.538. The van der Waals surface area contributed by atoms with Crippen LogP contribution in [0.2, 0.25) is 0 Å². The summed E-state index contributed by atoms with van der Waals surface area (Å²) in [6, 6.07) is 2.92. The molecule has 0 aromatic heterocycles. The van der Waals surface area contributed by atoms with Crippen molar-refractivity contribution in [2.75, 3.05) is 7.05 Å². The molecule has 0 fully saturated rings. The highest BCUT2D eigenvalue weighted by molar-refractivity contribution is 5.55. The minimum absolute atomic E-state index is 0.288. The van der Waals surface area contributed by atoms with Gasteiger partial charge in [-0.2, -0.15) is 0 Å². The summed E-state index contributed by atoms with van der Waals surface area (Å²) in [5.41, 5.74) is 0.0743. The molecule has 0 amide bonds. The first-order valence-electron chi connectivity index (χ1n) is 4.33. The maximum atomic E-state index is 9.60. The van der Waals surface area contributed by atoms with Crippen LogP contribution >= 0.6 is 0 Å². The molecule has 1 aromatic carbocycles.